The third-order valence-electron chi connectivity index (χ3n) is 6.31. The maximum atomic E-state index is 12.5. The Morgan fingerprint density at radius 2 is 1.62 bits per heavy atom. The van der Waals surface area contributed by atoms with Crippen molar-refractivity contribution in [3.63, 3.8) is 0 Å². The second-order valence-corrected chi connectivity index (χ2v) is 9.67. The Morgan fingerprint density at radius 1 is 0.949 bits per heavy atom. The van der Waals surface area contributed by atoms with Crippen LogP contribution in [0.25, 0.3) is 0 Å². The number of ether oxygens (including phenoxy) is 5. The quantitative estimate of drug-likeness (QED) is 0.144. The molecule has 0 spiro atoms. The average Bonchev–Trinajstić information content (AvgIpc) is 3.23. The summed E-state index contributed by atoms with van der Waals surface area (Å²) in [5, 5.41) is 21.8. The average molecular weight is 561 g/mol. The number of aliphatic hydroxyl groups excluding tert-OH is 2. The lowest BCUT2D eigenvalue weighted by atomic mass is 9.96. The summed E-state index contributed by atoms with van der Waals surface area (Å²) < 4.78 is 27.6. The molecular formula is C25H40N2O12. The number of rotatable bonds is 13. The molecule has 2 rings (SSSR count). The molecule has 2 unspecified atom stereocenters. The minimum atomic E-state index is -1.19. The molecule has 3 N–H and O–H groups in total. The predicted molar refractivity (Wildman–Crippen MR) is 132 cm³/mol. The molecule has 0 aliphatic carbocycles. The van der Waals surface area contributed by atoms with Crippen LogP contribution in [0.2, 0.25) is 0 Å². The maximum absolute atomic E-state index is 12.5. The molecule has 39 heavy (non-hydrogen) atoms. The molecular weight excluding hydrogens is 520 g/mol. The Bertz CT molecular complexity index is 868. The number of nitrogens with one attached hydrogen (secondary N) is 1. The van der Waals surface area contributed by atoms with Crippen LogP contribution >= 0.6 is 0 Å². The third kappa shape index (κ3) is 10.4. The van der Waals surface area contributed by atoms with Gasteiger partial charge in [0.2, 0.25) is 11.8 Å². The first-order chi connectivity index (χ1) is 18.4. The molecule has 2 aliphatic rings. The van der Waals surface area contributed by atoms with E-state index in [-0.39, 0.29) is 44.7 Å². The second-order valence-electron chi connectivity index (χ2n) is 9.67. The number of esters is 3. The summed E-state index contributed by atoms with van der Waals surface area (Å²) >= 11 is 0. The Morgan fingerprint density at radius 3 is 2.21 bits per heavy atom. The summed E-state index contributed by atoms with van der Waals surface area (Å²) in [6.07, 6.45) is -2.91. The monoisotopic (exact) mass is 560 g/mol. The Kier molecular flexibility index (Phi) is 13.0. The van der Waals surface area contributed by atoms with Gasteiger partial charge in [-0.25, -0.2) is 0 Å². The zero-order valence-electron chi connectivity index (χ0n) is 22.8. The van der Waals surface area contributed by atoms with Gasteiger partial charge in [0.05, 0.1) is 18.8 Å². The zero-order valence-corrected chi connectivity index (χ0v) is 22.8. The number of aliphatic hydroxyl groups is 2. The molecule has 0 aromatic heterocycles. The van der Waals surface area contributed by atoms with Gasteiger partial charge in [-0.2, -0.15) is 0 Å². The van der Waals surface area contributed by atoms with Crippen molar-refractivity contribution in [1.29, 1.82) is 0 Å². The van der Waals surface area contributed by atoms with Crippen LogP contribution in [0.5, 0.6) is 0 Å². The van der Waals surface area contributed by atoms with Crippen LogP contribution in [0.15, 0.2) is 0 Å². The van der Waals surface area contributed by atoms with Gasteiger partial charge in [0, 0.05) is 47.3 Å². The number of hydrogen-bond donors (Lipinski definition) is 3. The highest BCUT2D eigenvalue weighted by molar-refractivity contribution is 5.77. The van der Waals surface area contributed by atoms with Crippen molar-refractivity contribution in [2.75, 3.05) is 26.4 Å². The first-order valence-electron chi connectivity index (χ1n) is 13.0. The van der Waals surface area contributed by atoms with Crippen LogP contribution in [0, 0.1) is 0 Å². The maximum Gasteiger partial charge on any atom is 0.303 e. The summed E-state index contributed by atoms with van der Waals surface area (Å²) in [5.41, 5.74) is 0. The highest BCUT2D eigenvalue weighted by Gasteiger charge is 2.51. The minimum absolute atomic E-state index is 0.137. The number of β-amino-alcohol motifs (C(OH)–C–C–N with tert-alkyl or cyclic N) is 1. The number of hydrogen-bond acceptors (Lipinski definition) is 12. The van der Waals surface area contributed by atoms with E-state index in [1.165, 1.54) is 18.7 Å². The number of likely N-dealkylation sites (tertiary alicyclic amines) is 1. The Hall–Kier alpha value is -2.81. The van der Waals surface area contributed by atoms with Crippen molar-refractivity contribution in [1.82, 2.24) is 10.2 Å². The van der Waals surface area contributed by atoms with Gasteiger partial charge in [-0.3, -0.25) is 24.0 Å². The summed E-state index contributed by atoms with van der Waals surface area (Å²) in [6.45, 7) is 4.62. The summed E-state index contributed by atoms with van der Waals surface area (Å²) in [5.74, 6) is -2.60. The molecule has 7 atom stereocenters. The van der Waals surface area contributed by atoms with Crippen molar-refractivity contribution < 1.29 is 57.9 Å². The van der Waals surface area contributed by atoms with Gasteiger partial charge in [0.25, 0.3) is 0 Å². The van der Waals surface area contributed by atoms with Crippen LogP contribution in [0.4, 0.5) is 0 Å². The van der Waals surface area contributed by atoms with Gasteiger partial charge in [0.15, 0.2) is 18.5 Å². The fourth-order valence-electron chi connectivity index (χ4n) is 4.70. The first-order valence-corrected chi connectivity index (χ1v) is 13.0. The van der Waals surface area contributed by atoms with E-state index in [2.05, 4.69) is 5.32 Å². The standard InChI is InChI=1S/C25H40N2O12/c1-14(29)26-22-24(38-17(4)32)23(37-16(3)31)20(13-36-15(2)30)39-25(22)35-9-7-5-6-8-21(34)27-11-19(33)10-18(27)12-28/h18-20,22-25,28,33H,5-13H2,1-4H3,(H,26,29)/t18-,19+,20?,22-,23-,24?,25+/m0/s1. The smallest absolute Gasteiger partial charge is 0.303 e. The fourth-order valence-corrected chi connectivity index (χ4v) is 4.70. The SMILES string of the molecule is CC(=O)N[C@H]1C(OC(C)=O)[C@@H](OC(C)=O)C(COC(C)=O)O[C@H]1OCCCCCC(=O)N1C[C@H](O)C[C@H]1CO. The van der Waals surface area contributed by atoms with Gasteiger partial charge >= 0.3 is 17.9 Å². The molecule has 0 aromatic rings. The molecule has 0 radical (unpaired) electrons. The van der Waals surface area contributed by atoms with E-state index >= 15 is 0 Å². The molecule has 2 saturated heterocycles. The molecule has 222 valence electrons. The van der Waals surface area contributed by atoms with Crippen LogP contribution in [0.1, 0.15) is 59.8 Å². The van der Waals surface area contributed by atoms with Crippen molar-refractivity contribution in [3.8, 4) is 0 Å². The lowest BCUT2D eigenvalue weighted by Crippen LogP contribution is -2.66. The highest BCUT2D eigenvalue weighted by Crippen LogP contribution is 2.28. The summed E-state index contributed by atoms with van der Waals surface area (Å²) in [6, 6.07) is -1.41. The van der Waals surface area contributed by atoms with E-state index in [1.54, 1.807) is 0 Å². The molecule has 2 heterocycles. The number of carbonyl (C=O) groups excluding carboxylic acids is 5. The van der Waals surface area contributed by atoms with E-state index in [9.17, 15) is 34.2 Å². The Balaban J connectivity index is 2.01. The summed E-state index contributed by atoms with van der Waals surface area (Å²) in [4.78, 5) is 61.0. The molecule has 0 aromatic carbocycles. The van der Waals surface area contributed by atoms with Crippen LogP contribution in [-0.4, -0.2) is 114 Å². The molecule has 2 amide bonds. The topological polar surface area (TPSA) is 187 Å². The van der Waals surface area contributed by atoms with E-state index in [1.807, 2.05) is 0 Å². The number of nitrogens with zero attached hydrogens (tertiary/aromatic N) is 1. The van der Waals surface area contributed by atoms with Crippen molar-refractivity contribution >= 4 is 29.7 Å². The second kappa shape index (κ2) is 15.7. The van der Waals surface area contributed by atoms with Crippen LogP contribution in [-0.2, 0) is 47.7 Å². The third-order valence-corrected chi connectivity index (χ3v) is 6.31. The highest BCUT2D eigenvalue weighted by atomic mass is 16.7. The van der Waals surface area contributed by atoms with Crippen molar-refractivity contribution in [3.05, 3.63) is 0 Å². The summed E-state index contributed by atoms with van der Waals surface area (Å²) in [7, 11) is 0. The first kappa shape index (κ1) is 32.4. The molecule has 14 nitrogen and oxygen atoms in total. The van der Waals surface area contributed by atoms with Gasteiger partial charge in [-0.1, -0.05) is 6.42 Å². The number of unbranched alkanes of at least 4 members (excludes halogenated alkanes) is 2. The largest absolute Gasteiger partial charge is 0.463 e. The van der Waals surface area contributed by atoms with E-state index in [4.69, 9.17) is 23.7 Å². The molecule has 2 aliphatic heterocycles. The van der Waals surface area contributed by atoms with Crippen LogP contribution in [0.3, 0.4) is 0 Å². The molecule has 0 bridgehead atoms. The van der Waals surface area contributed by atoms with Crippen molar-refractivity contribution in [2.24, 2.45) is 0 Å². The Labute approximate surface area is 227 Å². The van der Waals surface area contributed by atoms with E-state index < -0.39 is 60.6 Å². The lowest BCUT2D eigenvalue weighted by Gasteiger charge is -2.44. The van der Waals surface area contributed by atoms with Gasteiger partial charge in [-0.15, -0.1) is 0 Å². The van der Waals surface area contributed by atoms with E-state index in [0.717, 1.165) is 13.8 Å². The van der Waals surface area contributed by atoms with Crippen LogP contribution < -0.4 is 5.32 Å². The minimum Gasteiger partial charge on any atom is -0.463 e. The molecule has 14 heteroatoms. The van der Waals surface area contributed by atoms with Gasteiger partial charge in [0.1, 0.15) is 18.8 Å². The number of amides is 2. The zero-order chi connectivity index (χ0) is 29.1. The normalized spacial score (nSPS) is 28.5. The molecule has 0 saturated carbocycles. The molecule has 2 fully saturated rings. The fraction of sp³-hybridized carbons (Fsp3) is 0.800. The van der Waals surface area contributed by atoms with Gasteiger partial charge < -0.3 is 44.1 Å². The lowest BCUT2D eigenvalue weighted by molar-refractivity contribution is -0.277. The number of carbonyl (C=O) groups is 5. The van der Waals surface area contributed by atoms with E-state index in [0.29, 0.717) is 25.7 Å². The predicted octanol–water partition coefficient (Wildman–Crippen LogP) is -0.826. The van der Waals surface area contributed by atoms with Crippen molar-refractivity contribution in [2.45, 2.75) is 103 Å². The van der Waals surface area contributed by atoms with Gasteiger partial charge in [-0.05, 0) is 19.3 Å².